The molecule has 238 valence electrons. The molecule has 1 aromatic heterocycles. The number of hydrogen-bond acceptors (Lipinski definition) is 5. The number of fused-ring (bicyclic) bond motifs is 1. The zero-order chi connectivity index (χ0) is 31.6. The Morgan fingerprint density at radius 3 is 2.27 bits per heavy atom. The molecule has 0 aliphatic heterocycles. The quantitative estimate of drug-likeness (QED) is 0.197. The van der Waals surface area contributed by atoms with Crippen LogP contribution >= 0.6 is 0 Å². The molecule has 0 saturated heterocycles. The Kier molecular flexibility index (Phi) is 8.83. The SMILES string of the molecule is CC(Cc1cc2ccccc2[nH]1)(NC(=O)OC1C2CC3CC(C2)CC1C3)C(=O)NCC(NC(=O)CCC(=O)O)c1ccccc1. The topological polar surface area (TPSA) is 150 Å². The Morgan fingerprint density at radius 1 is 0.933 bits per heavy atom. The van der Waals surface area contributed by atoms with Crippen molar-refractivity contribution in [3.63, 3.8) is 0 Å². The van der Waals surface area contributed by atoms with Gasteiger partial charge in [-0.2, -0.15) is 0 Å². The third-order valence-corrected chi connectivity index (χ3v) is 9.96. The highest BCUT2D eigenvalue weighted by Gasteiger charge is 2.50. The molecule has 4 aliphatic carbocycles. The lowest BCUT2D eigenvalue weighted by molar-refractivity contribution is -0.138. The highest BCUT2D eigenvalue weighted by Crippen LogP contribution is 2.54. The Hall–Kier alpha value is -4.34. The van der Waals surface area contributed by atoms with Crippen LogP contribution in [0.4, 0.5) is 4.79 Å². The highest BCUT2D eigenvalue weighted by molar-refractivity contribution is 5.90. The summed E-state index contributed by atoms with van der Waals surface area (Å²) in [6.45, 7) is 1.73. The second kappa shape index (κ2) is 12.9. The summed E-state index contributed by atoms with van der Waals surface area (Å²) in [6, 6.07) is 18.4. The number of hydrogen-bond donors (Lipinski definition) is 5. The Morgan fingerprint density at radius 2 is 1.60 bits per heavy atom. The van der Waals surface area contributed by atoms with Gasteiger partial charge in [0, 0.05) is 30.6 Å². The number of rotatable bonds is 12. The predicted octanol–water partition coefficient (Wildman–Crippen LogP) is 4.86. The summed E-state index contributed by atoms with van der Waals surface area (Å²) in [4.78, 5) is 54.5. The summed E-state index contributed by atoms with van der Waals surface area (Å²) >= 11 is 0. The van der Waals surface area contributed by atoms with Crippen LogP contribution in [0.5, 0.6) is 0 Å². The number of carbonyl (C=O) groups excluding carboxylic acids is 3. The van der Waals surface area contributed by atoms with Crippen molar-refractivity contribution < 1.29 is 29.0 Å². The first-order chi connectivity index (χ1) is 21.6. The maximum atomic E-state index is 14.0. The highest BCUT2D eigenvalue weighted by atomic mass is 16.6. The van der Waals surface area contributed by atoms with Gasteiger partial charge in [0.25, 0.3) is 0 Å². The normalized spacial score (nSPS) is 25.2. The maximum Gasteiger partial charge on any atom is 0.408 e. The molecule has 3 amide bonds. The van der Waals surface area contributed by atoms with Crippen LogP contribution < -0.4 is 16.0 Å². The number of amides is 3. The number of ether oxygens (including phenoxy) is 1. The fourth-order valence-electron chi connectivity index (χ4n) is 8.05. The van der Waals surface area contributed by atoms with E-state index in [9.17, 15) is 19.2 Å². The van der Waals surface area contributed by atoms with Crippen LogP contribution in [0.2, 0.25) is 0 Å². The largest absolute Gasteiger partial charge is 0.481 e. The number of H-pyrrole nitrogens is 1. The summed E-state index contributed by atoms with van der Waals surface area (Å²) in [7, 11) is 0. The molecule has 4 saturated carbocycles. The lowest BCUT2D eigenvalue weighted by Gasteiger charge is -2.53. The van der Waals surface area contributed by atoms with Crippen molar-refractivity contribution in [2.24, 2.45) is 23.7 Å². The first-order valence-electron chi connectivity index (χ1n) is 16.0. The van der Waals surface area contributed by atoms with Crippen LogP contribution in [0, 0.1) is 23.7 Å². The van der Waals surface area contributed by atoms with E-state index in [2.05, 4.69) is 20.9 Å². The third kappa shape index (κ3) is 7.16. The Balaban J connectivity index is 1.18. The van der Waals surface area contributed by atoms with E-state index in [0.29, 0.717) is 11.8 Å². The number of benzene rings is 2. The monoisotopic (exact) mass is 614 g/mol. The molecule has 4 fully saturated rings. The average molecular weight is 615 g/mol. The molecule has 3 aromatic rings. The number of alkyl carbamates (subject to hydrolysis) is 1. The van der Waals surface area contributed by atoms with E-state index in [1.807, 2.05) is 60.7 Å². The van der Waals surface area contributed by atoms with Gasteiger partial charge in [-0.1, -0.05) is 48.5 Å². The minimum atomic E-state index is -1.38. The van der Waals surface area contributed by atoms with Gasteiger partial charge in [0.05, 0.1) is 12.5 Å². The van der Waals surface area contributed by atoms with Crippen LogP contribution in [0.25, 0.3) is 10.9 Å². The second-order valence-electron chi connectivity index (χ2n) is 13.5. The number of aliphatic carboxylic acids is 1. The van der Waals surface area contributed by atoms with Crippen molar-refractivity contribution in [3.8, 4) is 0 Å². The molecule has 7 rings (SSSR count). The number of aromatic nitrogens is 1. The lowest BCUT2D eigenvalue weighted by Crippen LogP contribution is -2.60. The molecule has 45 heavy (non-hydrogen) atoms. The average Bonchev–Trinajstić information content (AvgIpc) is 3.41. The van der Waals surface area contributed by atoms with Crippen molar-refractivity contribution in [2.75, 3.05) is 6.54 Å². The molecule has 0 radical (unpaired) electrons. The Bertz CT molecular complexity index is 1490. The molecule has 5 N–H and O–H groups in total. The summed E-state index contributed by atoms with van der Waals surface area (Å²) < 4.78 is 6.12. The minimum Gasteiger partial charge on any atom is -0.481 e. The van der Waals surface area contributed by atoms with Crippen molar-refractivity contribution in [1.29, 1.82) is 0 Å². The summed E-state index contributed by atoms with van der Waals surface area (Å²) in [5, 5.41) is 18.7. The van der Waals surface area contributed by atoms with Gasteiger partial charge in [-0.15, -0.1) is 0 Å². The molecule has 10 nitrogen and oxygen atoms in total. The Labute approximate surface area is 262 Å². The third-order valence-electron chi connectivity index (χ3n) is 9.96. The smallest absolute Gasteiger partial charge is 0.408 e. The molecule has 1 heterocycles. The second-order valence-corrected chi connectivity index (χ2v) is 13.5. The van der Waals surface area contributed by atoms with Gasteiger partial charge in [-0.3, -0.25) is 14.4 Å². The van der Waals surface area contributed by atoms with Crippen molar-refractivity contribution in [3.05, 3.63) is 71.9 Å². The van der Waals surface area contributed by atoms with Crippen LogP contribution in [-0.2, 0) is 25.5 Å². The number of para-hydroxylation sites is 1. The van der Waals surface area contributed by atoms with E-state index in [4.69, 9.17) is 9.84 Å². The molecule has 10 heteroatoms. The number of nitrogens with one attached hydrogen (secondary N) is 4. The molecule has 2 unspecified atom stereocenters. The van der Waals surface area contributed by atoms with E-state index < -0.39 is 35.5 Å². The van der Waals surface area contributed by atoms with Crippen LogP contribution in [0.3, 0.4) is 0 Å². The molecular formula is C35H42N4O6. The van der Waals surface area contributed by atoms with E-state index in [1.54, 1.807) is 6.92 Å². The molecule has 4 bridgehead atoms. The molecule has 4 aliphatic rings. The van der Waals surface area contributed by atoms with Gasteiger partial charge in [0.1, 0.15) is 11.6 Å². The van der Waals surface area contributed by atoms with E-state index >= 15 is 0 Å². The van der Waals surface area contributed by atoms with Gasteiger partial charge < -0.3 is 30.8 Å². The zero-order valence-electron chi connectivity index (χ0n) is 25.6. The van der Waals surface area contributed by atoms with Gasteiger partial charge in [0.2, 0.25) is 11.8 Å². The molecule has 0 spiro atoms. The van der Waals surface area contributed by atoms with Gasteiger partial charge in [-0.05, 0) is 85.8 Å². The van der Waals surface area contributed by atoms with Crippen molar-refractivity contribution >= 4 is 34.8 Å². The molecule has 2 aromatic carbocycles. The van der Waals surface area contributed by atoms with Gasteiger partial charge >= 0.3 is 12.1 Å². The van der Waals surface area contributed by atoms with Crippen molar-refractivity contribution in [2.45, 2.75) is 76.0 Å². The van der Waals surface area contributed by atoms with Gasteiger partial charge in [0.15, 0.2) is 0 Å². The van der Waals surface area contributed by atoms with E-state index in [1.165, 1.54) is 6.42 Å². The van der Waals surface area contributed by atoms with E-state index in [-0.39, 0.29) is 31.9 Å². The maximum absolute atomic E-state index is 14.0. The van der Waals surface area contributed by atoms with Crippen LogP contribution in [0.1, 0.15) is 69.2 Å². The summed E-state index contributed by atoms with van der Waals surface area (Å²) in [6.07, 6.45) is 4.73. The summed E-state index contributed by atoms with van der Waals surface area (Å²) in [5.41, 5.74) is 1.09. The first-order valence-corrected chi connectivity index (χ1v) is 16.0. The number of carboxylic acids is 1. The molecular weight excluding hydrogens is 572 g/mol. The summed E-state index contributed by atoms with van der Waals surface area (Å²) in [5.74, 6) is 0.345. The zero-order valence-corrected chi connectivity index (χ0v) is 25.6. The minimum absolute atomic E-state index is 0.0379. The van der Waals surface area contributed by atoms with Crippen LogP contribution in [0.15, 0.2) is 60.7 Å². The molecule has 2 atom stereocenters. The van der Waals surface area contributed by atoms with Crippen molar-refractivity contribution in [1.82, 2.24) is 20.9 Å². The standard InChI is InChI=1S/C35H42N4O6/c1-35(19-27-18-24-9-5-6-10-28(24)37-27,39-34(44)45-32-25-14-21-13-22(16-25)17-26(32)15-21)33(43)36-20-29(23-7-3-2-4-8-23)38-30(40)11-12-31(41)42/h2-10,18,21-22,25-26,29,32,37H,11-17,19-20H2,1H3,(H,36,43)(H,38,40)(H,39,44)(H,41,42). The first kappa shape index (κ1) is 30.7. The predicted molar refractivity (Wildman–Crippen MR) is 168 cm³/mol. The number of carboxylic acid groups (broad SMARTS) is 1. The number of carbonyl (C=O) groups is 4. The number of aromatic amines is 1. The van der Waals surface area contributed by atoms with E-state index in [0.717, 1.165) is 59.7 Å². The van der Waals surface area contributed by atoms with Gasteiger partial charge in [-0.25, -0.2) is 4.79 Å². The fraction of sp³-hybridized carbons (Fsp3) is 0.486. The lowest BCUT2D eigenvalue weighted by atomic mass is 9.55. The fourth-order valence-corrected chi connectivity index (χ4v) is 8.05. The van der Waals surface area contributed by atoms with Crippen LogP contribution in [-0.4, -0.2) is 52.2 Å².